The summed E-state index contributed by atoms with van der Waals surface area (Å²) in [7, 11) is 1.89. The number of nitrogens with zero attached hydrogens (tertiary/aromatic N) is 4. The molecule has 2 aliphatic rings. The average molecular weight is 277 g/mol. The molecule has 2 fully saturated rings. The molecule has 0 unspecified atom stereocenters. The van der Waals surface area contributed by atoms with Crippen molar-refractivity contribution in [1.82, 2.24) is 25.0 Å². The number of urea groups is 1. The lowest BCUT2D eigenvalue weighted by atomic mass is 9.79. The fourth-order valence-electron chi connectivity index (χ4n) is 3.38. The Morgan fingerprint density at radius 2 is 2.20 bits per heavy atom. The number of aromatic nitrogens is 3. The van der Waals surface area contributed by atoms with Gasteiger partial charge in [-0.3, -0.25) is 0 Å². The molecule has 0 aromatic carbocycles. The summed E-state index contributed by atoms with van der Waals surface area (Å²) >= 11 is 0. The lowest BCUT2D eigenvalue weighted by molar-refractivity contribution is 0.137. The minimum atomic E-state index is -0.113. The Hall–Kier alpha value is -1.59. The number of aryl methyl sites for hydroxylation is 1. The van der Waals surface area contributed by atoms with E-state index in [2.05, 4.69) is 15.5 Å². The molecule has 2 amide bonds. The molecule has 1 aliphatic carbocycles. The number of rotatable bonds is 3. The number of nitrogens with one attached hydrogen (secondary N) is 1. The number of hydrogen-bond donors (Lipinski definition) is 1. The third kappa shape index (κ3) is 2.39. The molecule has 0 radical (unpaired) electrons. The van der Waals surface area contributed by atoms with Crippen LogP contribution in [0.15, 0.2) is 6.33 Å². The Bertz CT molecular complexity index is 482. The molecule has 6 heteroatoms. The first-order valence-corrected chi connectivity index (χ1v) is 7.58. The van der Waals surface area contributed by atoms with E-state index in [0.29, 0.717) is 6.04 Å². The number of hydrogen-bond acceptors (Lipinski definition) is 3. The Morgan fingerprint density at radius 3 is 2.80 bits per heavy atom. The van der Waals surface area contributed by atoms with Crippen molar-refractivity contribution in [2.24, 2.45) is 13.0 Å². The van der Waals surface area contributed by atoms with Crippen molar-refractivity contribution in [2.45, 2.75) is 51.1 Å². The topological polar surface area (TPSA) is 63.1 Å². The molecule has 2 heterocycles. The van der Waals surface area contributed by atoms with Gasteiger partial charge in [-0.1, -0.05) is 6.42 Å². The van der Waals surface area contributed by atoms with Crippen LogP contribution in [0.2, 0.25) is 0 Å². The van der Waals surface area contributed by atoms with E-state index >= 15 is 0 Å². The standard InChI is InChI=1S/C14H23N5O/c1-10(13-17-15-9-18(13)2)16-14(20)19-8-4-7-12(19)11-5-3-6-11/h9-12H,3-8H2,1-2H3,(H,16,20)/t10-,12-/m0/s1. The molecule has 2 atom stereocenters. The van der Waals surface area contributed by atoms with Gasteiger partial charge in [0, 0.05) is 19.6 Å². The van der Waals surface area contributed by atoms with E-state index in [1.165, 1.54) is 19.3 Å². The second-order valence-corrected chi connectivity index (χ2v) is 6.07. The van der Waals surface area contributed by atoms with Gasteiger partial charge in [-0.25, -0.2) is 4.79 Å². The largest absolute Gasteiger partial charge is 0.328 e. The fraction of sp³-hybridized carbons (Fsp3) is 0.786. The highest BCUT2D eigenvalue weighted by Crippen LogP contribution is 2.37. The summed E-state index contributed by atoms with van der Waals surface area (Å²) in [6.07, 6.45) is 7.85. The minimum absolute atomic E-state index is 0.0508. The smallest absolute Gasteiger partial charge is 0.318 e. The van der Waals surface area contributed by atoms with E-state index in [1.807, 2.05) is 23.4 Å². The summed E-state index contributed by atoms with van der Waals surface area (Å²) in [4.78, 5) is 14.5. The highest BCUT2D eigenvalue weighted by molar-refractivity contribution is 5.75. The Kier molecular flexibility index (Phi) is 3.63. The van der Waals surface area contributed by atoms with Crippen molar-refractivity contribution in [1.29, 1.82) is 0 Å². The zero-order valence-corrected chi connectivity index (χ0v) is 12.2. The molecular weight excluding hydrogens is 254 g/mol. The molecule has 1 saturated carbocycles. The van der Waals surface area contributed by atoms with Crippen molar-refractivity contribution in [3.63, 3.8) is 0 Å². The Labute approximate surface area is 119 Å². The van der Waals surface area contributed by atoms with E-state index < -0.39 is 0 Å². The van der Waals surface area contributed by atoms with E-state index in [9.17, 15) is 4.79 Å². The highest BCUT2D eigenvalue weighted by atomic mass is 16.2. The summed E-state index contributed by atoms with van der Waals surface area (Å²) in [5.74, 6) is 1.52. The molecule has 20 heavy (non-hydrogen) atoms. The Morgan fingerprint density at radius 1 is 1.40 bits per heavy atom. The lowest BCUT2D eigenvalue weighted by Crippen LogP contribution is -2.47. The van der Waals surface area contributed by atoms with Crippen molar-refractivity contribution in [2.75, 3.05) is 6.54 Å². The zero-order valence-electron chi connectivity index (χ0n) is 12.2. The molecule has 1 saturated heterocycles. The summed E-state index contributed by atoms with van der Waals surface area (Å²) < 4.78 is 1.85. The first kappa shape index (κ1) is 13.4. The van der Waals surface area contributed by atoms with Crippen LogP contribution in [0.3, 0.4) is 0 Å². The van der Waals surface area contributed by atoms with Gasteiger partial charge in [0.1, 0.15) is 6.33 Å². The van der Waals surface area contributed by atoms with Gasteiger partial charge in [-0.15, -0.1) is 10.2 Å². The van der Waals surface area contributed by atoms with Crippen molar-refractivity contribution >= 4 is 6.03 Å². The number of carbonyl (C=O) groups is 1. The number of amides is 2. The van der Waals surface area contributed by atoms with Gasteiger partial charge in [-0.05, 0) is 38.5 Å². The molecule has 3 rings (SSSR count). The summed E-state index contributed by atoms with van der Waals surface area (Å²) in [6.45, 7) is 2.84. The van der Waals surface area contributed by atoms with Crippen molar-refractivity contribution < 1.29 is 4.79 Å². The maximum atomic E-state index is 12.5. The quantitative estimate of drug-likeness (QED) is 0.917. The van der Waals surface area contributed by atoms with Gasteiger partial charge in [0.2, 0.25) is 0 Å². The third-order valence-corrected chi connectivity index (χ3v) is 4.73. The number of carbonyl (C=O) groups excluding carboxylic acids is 1. The molecule has 0 bridgehead atoms. The van der Waals surface area contributed by atoms with Crippen LogP contribution in [0.25, 0.3) is 0 Å². The van der Waals surface area contributed by atoms with Crippen LogP contribution < -0.4 is 5.32 Å². The minimum Gasteiger partial charge on any atom is -0.328 e. The van der Waals surface area contributed by atoms with E-state index in [1.54, 1.807) is 6.33 Å². The van der Waals surface area contributed by atoms with E-state index in [0.717, 1.165) is 31.1 Å². The fourth-order valence-corrected chi connectivity index (χ4v) is 3.38. The van der Waals surface area contributed by atoms with Gasteiger partial charge in [0.25, 0.3) is 0 Å². The maximum absolute atomic E-state index is 12.5. The van der Waals surface area contributed by atoms with Crippen molar-refractivity contribution in [3.8, 4) is 0 Å². The van der Waals surface area contributed by atoms with Crippen LogP contribution in [0, 0.1) is 5.92 Å². The predicted molar refractivity (Wildman–Crippen MR) is 75.0 cm³/mol. The molecular formula is C14H23N5O. The normalized spacial score (nSPS) is 24.5. The molecule has 110 valence electrons. The van der Waals surface area contributed by atoms with Crippen molar-refractivity contribution in [3.05, 3.63) is 12.2 Å². The van der Waals surface area contributed by atoms with Gasteiger partial charge in [-0.2, -0.15) is 0 Å². The van der Waals surface area contributed by atoms with Crippen LogP contribution in [-0.2, 0) is 7.05 Å². The van der Waals surface area contributed by atoms with Gasteiger partial charge >= 0.3 is 6.03 Å². The molecule has 1 N–H and O–H groups in total. The Balaban J connectivity index is 1.62. The zero-order chi connectivity index (χ0) is 14.1. The highest BCUT2D eigenvalue weighted by Gasteiger charge is 2.37. The van der Waals surface area contributed by atoms with Crippen LogP contribution in [0.5, 0.6) is 0 Å². The molecule has 0 spiro atoms. The van der Waals surface area contributed by atoms with Gasteiger partial charge in [0.05, 0.1) is 6.04 Å². The summed E-state index contributed by atoms with van der Waals surface area (Å²) in [5, 5.41) is 11.0. The summed E-state index contributed by atoms with van der Waals surface area (Å²) in [5.41, 5.74) is 0. The van der Waals surface area contributed by atoms with Crippen LogP contribution in [-0.4, -0.2) is 38.3 Å². The third-order valence-electron chi connectivity index (χ3n) is 4.73. The van der Waals surface area contributed by atoms with E-state index in [4.69, 9.17) is 0 Å². The first-order valence-electron chi connectivity index (χ1n) is 7.58. The van der Waals surface area contributed by atoms with Crippen LogP contribution in [0.4, 0.5) is 4.79 Å². The average Bonchev–Trinajstić information content (AvgIpc) is 2.95. The monoisotopic (exact) mass is 277 g/mol. The summed E-state index contributed by atoms with van der Waals surface area (Å²) in [6, 6.07) is 0.392. The SMILES string of the molecule is C[C@H](NC(=O)N1CCC[C@H]1C1CCC1)c1nncn1C. The molecule has 1 aromatic rings. The van der Waals surface area contributed by atoms with Gasteiger partial charge in [0.15, 0.2) is 5.82 Å². The van der Waals surface area contributed by atoms with Gasteiger partial charge < -0.3 is 14.8 Å². The van der Waals surface area contributed by atoms with E-state index in [-0.39, 0.29) is 12.1 Å². The molecule has 6 nitrogen and oxygen atoms in total. The predicted octanol–water partition coefficient (Wildman–Crippen LogP) is 1.85. The molecule has 1 aromatic heterocycles. The first-order chi connectivity index (χ1) is 9.66. The van der Waals surface area contributed by atoms with Crippen LogP contribution in [0.1, 0.15) is 50.9 Å². The van der Waals surface area contributed by atoms with Crippen LogP contribution >= 0.6 is 0 Å². The maximum Gasteiger partial charge on any atom is 0.318 e. The lowest BCUT2D eigenvalue weighted by Gasteiger charge is -2.37. The number of likely N-dealkylation sites (tertiary alicyclic amines) is 1. The second kappa shape index (κ2) is 5.42. The second-order valence-electron chi connectivity index (χ2n) is 6.07. The molecule has 1 aliphatic heterocycles.